The SMILES string of the molecule is Cc1ccc(N2CC3(CN(OC(C)C)C3)C2)cc1C(F)(F)F. The molecule has 22 heavy (non-hydrogen) atoms. The zero-order valence-electron chi connectivity index (χ0n) is 13.1. The Morgan fingerprint density at radius 3 is 2.32 bits per heavy atom. The monoisotopic (exact) mass is 314 g/mol. The summed E-state index contributed by atoms with van der Waals surface area (Å²) in [6, 6.07) is 4.60. The molecule has 3 rings (SSSR count). The fourth-order valence-corrected chi connectivity index (χ4v) is 3.33. The van der Waals surface area contributed by atoms with E-state index in [2.05, 4.69) is 0 Å². The van der Waals surface area contributed by atoms with Crippen LogP contribution in [0.15, 0.2) is 18.2 Å². The van der Waals surface area contributed by atoms with E-state index >= 15 is 0 Å². The van der Waals surface area contributed by atoms with Gasteiger partial charge in [0, 0.05) is 37.3 Å². The number of hydrogen-bond donors (Lipinski definition) is 0. The number of benzene rings is 1. The number of anilines is 1. The number of halogens is 3. The normalized spacial score (nSPS) is 21.1. The Bertz CT molecular complexity index is 557. The molecule has 0 aromatic heterocycles. The summed E-state index contributed by atoms with van der Waals surface area (Å²) < 4.78 is 38.9. The van der Waals surface area contributed by atoms with Crippen molar-refractivity contribution >= 4 is 5.69 Å². The first kappa shape index (κ1) is 15.6. The van der Waals surface area contributed by atoms with Gasteiger partial charge in [-0.05, 0) is 38.5 Å². The summed E-state index contributed by atoms with van der Waals surface area (Å²) in [5.41, 5.74) is 0.584. The zero-order chi connectivity index (χ0) is 16.1. The van der Waals surface area contributed by atoms with Gasteiger partial charge in [-0.15, -0.1) is 0 Å². The Balaban J connectivity index is 1.62. The van der Waals surface area contributed by atoms with Crippen LogP contribution in [0.3, 0.4) is 0 Å². The highest BCUT2D eigenvalue weighted by molar-refractivity contribution is 5.54. The van der Waals surface area contributed by atoms with Crippen LogP contribution < -0.4 is 4.90 Å². The van der Waals surface area contributed by atoms with Crippen LogP contribution in [0.2, 0.25) is 0 Å². The van der Waals surface area contributed by atoms with Crippen molar-refractivity contribution in [3.8, 4) is 0 Å². The summed E-state index contributed by atoms with van der Waals surface area (Å²) >= 11 is 0. The lowest BCUT2D eigenvalue weighted by molar-refractivity contribution is -0.273. The molecule has 1 aromatic rings. The molecular weight excluding hydrogens is 293 g/mol. The first-order valence-corrected chi connectivity index (χ1v) is 7.53. The number of alkyl halides is 3. The van der Waals surface area contributed by atoms with E-state index in [-0.39, 0.29) is 17.1 Å². The van der Waals surface area contributed by atoms with Gasteiger partial charge in [0.05, 0.1) is 11.7 Å². The van der Waals surface area contributed by atoms with Gasteiger partial charge in [-0.1, -0.05) is 6.07 Å². The highest BCUT2D eigenvalue weighted by atomic mass is 19.4. The Morgan fingerprint density at radius 2 is 1.77 bits per heavy atom. The van der Waals surface area contributed by atoms with Crippen molar-refractivity contribution in [3.05, 3.63) is 29.3 Å². The van der Waals surface area contributed by atoms with E-state index in [1.807, 2.05) is 23.8 Å². The van der Waals surface area contributed by atoms with E-state index in [0.29, 0.717) is 5.69 Å². The zero-order valence-corrected chi connectivity index (χ0v) is 13.1. The van der Waals surface area contributed by atoms with Crippen LogP contribution in [-0.4, -0.2) is 37.3 Å². The molecule has 2 aliphatic heterocycles. The van der Waals surface area contributed by atoms with Gasteiger partial charge in [0.2, 0.25) is 0 Å². The lowest BCUT2D eigenvalue weighted by atomic mass is 9.73. The maximum Gasteiger partial charge on any atom is 0.416 e. The molecule has 3 nitrogen and oxygen atoms in total. The van der Waals surface area contributed by atoms with E-state index < -0.39 is 11.7 Å². The molecule has 122 valence electrons. The van der Waals surface area contributed by atoms with Crippen LogP contribution in [-0.2, 0) is 11.0 Å². The summed E-state index contributed by atoms with van der Waals surface area (Å²) in [5.74, 6) is 0. The lowest BCUT2D eigenvalue weighted by Gasteiger charge is -2.60. The van der Waals surface area contributed by atoms with Crippen molar-refractivity contribution in [3.63, 3.8) is 0 Å². The predicted octanol–water partition coefficient (Wildman–Crippen LogP) is 3.48. The second-order valence-electron chi connectivity index (χ2n) is 6.81. The van der Waals surface area contributed by atoms with E-state index in [1.165, 1.54) is 13.0 Å². The van der Waals surface area contributed by atoms with Crippen LogP contribution in [0.1, 0.15) is 25.0 Å². The van der Waals surface area contributed by atoms with E-state index in [4.69, 9.17) is 4.84 Å². The predicted molar refractivity (Wildman–Crippen MR) is 78.6 cm³/mol. The standard InChI is InChI=1S/C16H21F3N2O/c1-11(2)22-21-9-15(10-21)7-20(8-15)13-5-4-12(3)14(6-13)16(17,18)19/h4-6,11H,7-10H2,1-3H3. The molecule has 0 N–H and O–H groups in total. The van der Waals surface area contributed by atoms with Crippen molar-refractivity contribution in [1.29, 1.82) is 0 Å². The maximum atomic E-state index is 13.0. The minimum atomic E-state index is -4.29. The summed E-state index contributed by atoms with van der Waals surface area (Å²) in [4.78, 5) is 7.62. The van der Waals surface area contributed by atoms with Gasteiger partial charge in [-0.2, -0.15) is 18.2 Å². The molecule has 0 unspecified atom stereocenters. The fraction of sp³-hybridized carbons (Fsp3) is 0.625. The molecule has 6 heteroatoms. The smallest absolute Gasteiger partial charge is 0.370 e. The van der Waals surface area contributed by atoms with Crippen LogP contribution in [0.5, 0.6) is 0 Å². The molecule has 0 saturated carbocycles. The largest absolute Gasteiger partial charge is 0.416 e. The van der Waals surface area contributed by atoms with E-state index in [1.54, 1.807) is 12.1 Å². The fourth-order valence-electron chi connectivity index (χ4n) is 3.33. The highest BCUT2D eigenvalue weighted by Gasteiger charge is 2.52. The maximum absolute atomic E-state index is 13.0. The Morgan fingerprint density at radius 1 is 1.14 bits per heavy atom. The highest BCUT2D eigenvalue weighted by Crippen LogP contribution is 2.43. The van der Waals surface area contributed by atoms with E-state index in [9.17, 15) is 13.2 Å². The van der Waals surface area contributed by atoms with E-state index in [0.717, 1.165) is 26.2 Å². The molecule has 2 aliphatic rings. The molecule has 0 atom stereocenters. The third-order valence-corrected chi connectivity index (χ3v) is 4.33. The summed E-state index contributed by atoms with van der Waals surface area (Å²) in [6.07, 6.45) is -4.12. The second-order valence-corrected chi connectivity index (χ2v) is 6.81. The molecule has 2 saturated heterocycles. The third-order valence-electron chi connectivity index (χ3n) is 4.33. The molecule has 1 aromatic carbocycles. The topological polar surface area (TPSA) is 15.7 Å². The average molecular weight is 314 g/mol. The molecule has 0 bridgehead atoms. The molecule has 0 aliphatic carbocycles. The minimum absolute atomic E-state index is 0.167. The van der Waals surface area contributed by atoms with Crippen LogP contribution in [0, 0.1) is 12.3 Å². The second kappa shape index (κ2) is 5.13. The van der Waals surface area contributed by atoms with Crippen molar-refractivity contribution in [1.82, 2.24) is 5.06 Å². The van der Waals surface area contributed by atoms with Crippen LogP contribution in [0.25, 0.3) is 0 Å². The van der Waals surface area contributed by atoms with Crippen molar-refractivity contribution in [2.45, 2.75) is 33.1 Å². The number of aryl methyl sites for hydroxylation is 1. The van der Waals surface area contributed by atoms with Gasteiger partial charge in [0.1, 0.15) is 0 Å². The number of nitrogens with zero attached hydrogens (tertiary/aromatic N) is 2. The Labute approximate surface area is 128 Å². The number of hydrogen-bond acceptors (Lipinski definition) is 3. The first-order chi connectivity index (χ1) is 10.2. The van der Waals surface area contributed by atoms with Gasteiger partial charge in [-0.25, -0.2) is 0 Å². The summed E-state index contributed by atoms with van der Waals surface area (Å²) in [7, 11) is 0. The van der Waals surface area contributed by atoms with Crippen LogP contribution in [0.4, 0.5) is 18.9 Å². The molecular formula is C16H21F3N2O. The van der Waals surface area contributed by atoms with Crippen molar-refractivity contribution in [2.75, 3.05) is 31.1 Å². The van der Waals surface area contributed by atoms with Crippen LogP contribution >= 0.6 is 0 Å². The first-order valence-electron chi connectivity index (χ1n) is 7.53. The van der Waals surface area contributed by atoms with Gasteiger partial charge in [0.15, 0.2) is 0 Å². The van der Waals surface area contributed by atoms with Gasteiger partial charge in [-0.3, -0.25) is 4.84 Å². The van der Waals surface area contributed by atoms with Gasteiger partial charge >= 0.3 is 6.18 Å². The number of rotatable bonds is 3. The summed E-state index contributed by atoms with van der Waals surface area (Å²) in [6.45, 7) is 8.79. The van der Waals surface area contributed by atoms with Gasteiger partial charge in [0.25, 0.3) is 0 Å². The van der Waals surface area contributed by atoms with Gasteiger partial charge < -0.3 is 4.90 Å². The number of hydroxylamine groups is 2. The quantitative estimate of drug-likeness (QED) is 0.849. The van der Waals surface area contributed by atoms with Crippen molar-refractivity contribution in [2.24, 2.45) is 5.41 Å². The third kappa shape index (κ3) is 2.82. The minimum Gasteiger partial charge on any atom is -0.370 e. The lowest BCUT2D eigenvalue weighted by Crippen LogP contribution is -2.72. The molecule has 0 radical (unpaired) electrons. The Hall–Kier alpha value is -1.27. The Kier molecular flexibility index (Phi) is 3.64. The summed E-state index contributed by atoms with van der Waals surface area (Å²) in [5, 5.41) is 1.94. The molecule has 1 spiro atoms. The van der Waals surface area contributed by atoms with Crippen molar-refractivity contribution < 1.29 is 18.0 Å². The molecule has 2 heterocycles. The molecule has 0 amide bonds. The average Bonchev–Trinajstić information content (AvgIpc) is 2.29. The molecule has 2 fully saturated rings.